The first-order chi connectivity index (χ1) is 32.2. The summed E-state index contributed by atoms with van der Waals surface area (Å²) >= 11 is 0. The monoisotopic (exact) mass is 828 g/mol. The predicted octanol–water partition coefficient (Wildman–Crippen LogP) is 17.5. The molecule has 0 aliphatic carbocycles. The second kappa shape index (κ2) is 15.0. The summed E-state index contributed by atoms with van der Waals surface area (Å²) in [6.45, 7) is 0. The zero-order chi connectivity index (χ0) is 42.8. The molecule has 0 radical (unpaired) electrons. The van der Waals surface area contributed by atoms with E-state index >= 15 is 0 Å². The fourth-order valence-electron chi connectivity index (χ4n) is 10.0. The fourth-order valence-corrected chi connectivity index (χ4v) is 10.0. The topological polar surface area (TPSA) is 21.3 Å². The number of benzene rings is 11. The molecule has 0 bridgehead atoms. The summed E-state index contributed by atoms with van der Waals surface area (Å²) in [6, 6.07) is 87.7. The highest BCUT2D eigenvalue weighted by Gasteiger charge is 2.19. The van der Waals surface area contributed by atoms with E-state index in [-0.39, 0.29) is 0 Å². The minimum atomic E-state index is 0.900. The van der Waals surface area contributed by atoms with Crippen LogP contribution >= 0.6 is 0 Å². The molecule has 0 N–H and O–H groups in total. The molecule has 2 aromatic heterocycles. The molecule has 11 aromatic carbocycles. The van der Waals surface area contributed by atoms with Crippen molar-refractivity contribution in [2.75, 3.05) is 4.90 Å². The van der Waals surface area contributed by atoms with E-state index in [0.717, 1.165) is 55.8 Å². The second-order valence-corrected chi connectivity index (χ2v) is 16.9. The Bertz CT molecular complexity index is 3880. The van der Waals surface area contributed by atoms with Crippen molar-refractivity contribution < 1.29 is 4.42 Å². The standard InChI is InChI=1S/C62H40N2O/c1-2-15-51-47(12-1)39-60(53-17-4-3-16-52(51)53)63(49-35-30-44(31-36-49)46-32-37-57-56-20-7-10-23-61(56)65-62(57)40-46)48-33-28-42(29-34-48)41-24-26-43(27-25-41)45-13-11-14-50(38-45)64-58-21-8-5-18-54(58)55-19-6-9-22-59(55)64/h1-40H. The first-order valence-corrected chi connectivity index (χ1v) is 22.2. The number of anilines is 3. The normalized spacial score (nSPS) is 11.7. The van der Waals surface area contributed by atoms with Crippen molar-refractivity contribution in [2.45, 2.75) is 0 Å². The summed E-state index contributed by atoms with van der Waals surface area (Å²) in [5, 5.41) is 9.71. The molecule has 0 unspecified atom stereocenters. The molecule has 13 rings (SSSR count). The quantitative estimate of drug-likeness (QED) is 0.149. The second-order valence-electron chi connectivity index (χ2n) is 16.9. The number of nitrogens with zero attached hydrogens (tertiary/aromatic N) is 2. The molecule has 0 amide bonds. The van der Waals surface area contributed by atoms with Gasteiger partial charge in [0.25, 0.3) is 0 Å². The zero-order valence-electron chi connectivity index (χ0n) is 35.4. The van der Waals surface area contributed by atoms with E-state index in [4.69, 9.17) is 4.42 Å². The third-order valence-electron chi connectivity index (χ3n) is 13.2. The summed E-state index contributed by atoms with van der Waals surface area (Å²) < 4.78 is 8.65. The summed E-state index contributed by atoms with van der Waals surface area (Å²) in [5.41, 5.74) is 15.7. The minimum Gasteiger partial charge on any atom is -0.456 e. The van der Waals surface area contributed by atoms with Gasteiger partial charge in [-0.2, -0.15) is 0 Å². The molecule has 0 saturated carbocycles. The van der Waals surface area contributed by atoms with Crippen molar-refractivity contribution in [2.24, 2.45) is 0 Å². The largest absolute Gasteiger partial charge is 0.456 e. The highest BCUT2D eigenvalue weighted by Crippen LogP contribution is 2.43. The number of hydrogen-bond donors (Lipinski definition) is 0. The van der Waals surface area contributed by atoms with Crippen LogP contribution in [-0.2, 0) is 0 Å². The summed E-state index contributed by atoms with van der Waals surface area (Å²) in [7, 11) is 0. The van der Waals surface area contributed by atoms with E-state index < -0.39 is 0 Å². The first-order valence-electron chi connectivity index (χ1n) is 22.2. The van der Waals surface area contributed by atoms with Gasteiger partial charge in [-0.15, -0.1) is 0 Å². The lowest BCUT2D eigenvalue weighted by molar-refractivity contribution is 0.669. The Labute approximate surface area is 376 Å². The van der Waals surface area contributed by atoms with Crippen molar-refractivity contribution in [1.82, 2.24) is 4.57 Å². The third-order valence-corrected chi connectivity index (χ3v) is 13.2. The molecule has 0 fully saturated rings. The highest BCUT2D eigenvalue weighted by atomic mass is 16.3. The molecular weight excluding hydrogens is 789 g/mol. The van der Waals surface area contributed by atoms with Gasteiger partial charge in [-0.3, -0.25) is 0 Å². The van der Waals surface area contributed by atoms with E-state index in [1.54, 1.807) is 0 Å². The van der Waals surface area contributed by atoms with Gasteiger partial charge in [-0.05, 0) is 122 Å². The molecule has 0 aliphatic rings. The third kappa shape index (κ3) is 6.20. The van der Waals surface area contributed by atoms with Crippen LogP contribution in [-0.4, -0.2) is 4.57 Å². The van der Waals surface area contributed by atoms with Gasteiger partial charge in [0.2, 0.25) is 0 Å². The molecule has 13 aromatic rings. The lowest BCUT2D eigenvalue weighted by atomic mass is 9.98. The molecule has 0 spiro atoms. The molecule has 3 heteroatoms. The average Bonchev–Trinajstić information content (AvgIpc) is 3.93. The number of para-hydroxylation sites is 3. The van der Waals surface area contributed by atoms with Gasteiger partial charge in [-0.1, -0.05) is 170 Å². The van der Waals surface area contributed by atoms with Gasteiger partial charge in [-0.25, -0.2) is 0 Å². The van der Waals surface area contributed by atoms with Gasteiger partial charge in [0.1, 0.15) is 11.2 Å². The number of hydrogen-bond acceptors (Lipinski definition) is 2. The van der Waals surface area contributed by atoms with Crippen LogP contribution in [0.5, 0.6) is 0 Å². The van der Waals surface area contributed by atoms with Gasteiger partial charge in [0, 0.05) is 44.0 Å². The zero-order valence-corrected chi connectivity index (χ0v) is 35.4. The molecule has 0 aliphatic heterocycles. The Morgan fingerprint density at radius 2 is 0.769 bits per heavy atom. The van der Waals surface area contributed by atoms with Crippen LogP contribution in [0.15, 0.2) is 247 Å². The molecular formula is C62H40N2O. The lowest BCUT2D eigenvalue weighted by Gasteiger charge is -2.28. The van der Waals surface area contributed by atoms with Crippen LogP contribution in [0.3, 0.4) is 0 Å². The van der Waals surface area contributed by atoms with E-state index in [2.05, 4.69) is 240 Å². The van der Waals surface area contributed by atoms with Gasteiger partial charge in [0.05, 0.1) is 16.7 Å². The van der Waals surface area contributed by atoms with E-state index in [1.807, 2.05) is 12.1 Å². The molecule has 0 saturated heterocycles. The number of furan rings is 1. The Kier molecular flexibility index (Phi) is 8.53. The first kappa shape index (κ1) is 36.9. The number of rotatable bonds is 7. The van der Waals surface area contributed by atoms with Crippen LogP contribution < -0.4 is 4.90 Å². The Balaban J connectivity index is 0.856. The van der Waals surface area contributed by atoms with Crippen LogP contribution in [0.4, 0.5) is 17.1 Å². The summed E-state index contributed by atoms with van der Waals surface area (Å²) in [6.07, 6.45) is 0. The summed E-state index contributed by atoms with van der Waals surface area (Å²) in [4.78, 5) is 2.40. The SMILES string of the molecule is c1cc(-c2ccc(-c3ccc(N(c4ccc(-c5ccc6c(c5)oc5ccccc56)cc4)c4cc5ccccc5c5ccccc45)cc3)cc2)cc(-n2c3ccccc3c3ccccc32)c1. The van der Waals surface area contributed by atoms with E-state index in [0.29, 0.717) is 0 Å². The van der Waals surface area contributed by atoms with Crippen molar-refractivity contribution in [1.29, 1.82) is 0 Å². The van der Waals surface area contributed by atoms with Crippen LogP contribution in [0, 0.1) is 0 Å². The van der Waals surface area contributed by atoms with Crippen molar-refractivity contribution in [3.8, 4) is 39.1 Å². The molecule has 3 nitrogen and oxygen atoms in total. The molecule has 0 atom stereocenters. The maximum Gasteiger partial charge on any atom is 0.136 e. The smallest absolute Gasteiger partial charge is 0.136 e. The maximum atomic E-state index is 6.27. The minimum absolute atomic E-state index is 0.900. The highest BCUT2D eigenvalue weighted by molar-refractivity contribution is 6.15. The van der Waals surface area contributed by atoms with E-state index in [1.165, 1.54) is 65.6 Å². The Morgan fingerprint density at radius 3 is 1.43 bits per heavy atom. The average molecular weight is 829 g/mol. The molecule has 2 heterocycles. The molecule has 65 heavy (non-hydrogen) atoms. The Morgan fingerprint density at radius 1 is 0.292 bits per heavy atom. The van der Waals surface area contributed by atoms with Gasteiger partial charge in [0.15, 0.2) is 0 Å². The van der Waals surface area contributed by atoms with Crippen LogP contribution in [0.25, 0.3) is 104 Å². The van der Waals surface area contributed by atoms with E-state index in [9.17, 15) is 0 Å². The fraction of sp³-hybridized carbons (Fsp3) is 0. The maximum absolute atomic E-state index is 6.27. The van der Waals surface area contributed by atoms with Crippen molar-refractivity contribution in [3.05, 3.63) is 243 Å². The Hall–Kier alpha value is -8.66. The number of fused-ring (bicyclic) bond motifs is 9. The van der Waals surface area contributed by atoms with Gasteiger partial charge < -0.3 is 13.9 Å². The predicted molar refractivity (Wildman–Crippen MR) is 274 cm³/mol. The summed E-state index contributed by atoms with van der Waals surface area (Å²) in [5.74, 6) is 0. The van der Waals surface area contributed by atoms with Crippen molar-refractivity contribution in [3.63, 3.8) is 0 Å². The van der Waals surface area contributed by atoms with Crippen molar-refractivity contribution >= 4 is 82.4 Å². The van der Waals surface area contributed by atoms with Gasteiger partial charge >= 0.3 is 0 Å². The number of aromatic nitrogens is 1. The van der Waals surface area contributed by atoms with Crippen LogP contribution in [0.2, 0.25) is 0 Å². The lowest BCUT2D eigenvalue weighted by Crippen LogP contribution is -2.10. The molecule has 304 valence electrons. The van der Waals surface area contributed by atoms with Crippen LogP contribution in [0.1, 0.15) is 0 Å².